The Bertz CT molecular complexity index is 611. The van der Waals surface area contributed by atoms with Gasteiger partial charge in [-0.1, -0.05) is 11.2 Å². The zero-order valence-corrected chi connectivity index (χ0v) is 13.3. The molecule has 22 heavy (non-hydrogen) atoms. The summed E-state index contributed by atoms with van der Waals surface area (Å²) in [5, 5.41) is 3.95. The Morgan fingerprint density at radius 1 is 1.32 bits per heavy atom. The zero-order chi connectivity index (χ0) is 15.4. The molecule has 1 aliphatic heterocycles. The normalized spacial score (nSPS) is 19.3. The van der Waals surface area contributed by atoms with Crippen LogP contribution in [-0.4, -0.2) is 34.7 Å². The molecular weight excluding hydrogens is 278 g/mol. The van der Waals surface area contributed by atoms with Crippen LogP contribution in [-0.2, 0) is 6.54 Å². The lowest BCUT2D eigenvalue weighted by Gasteiger charge is -2.31. The standard InChI is InChI=1S/C17H23N3O2/c1-13-5-3-7-17(18-13)21-12-15-6-4-8-20(10-15)11-16-9-14(2)19-22-16/h3,5,7,9,15H,4,6,8,10-12H2,1-2H3. The van der Waals surface area contributed by atoms with Crippen LogP contribution in [0.3, 0.4) is 0 Å². The number of aromatic nitrogens is 2. The average Bonchev–Trinajstić information content (AvgIpc) is 2.91. The fourth-order valence-corrected chi connectivity index (χ4v) is 2.94. The van der Waals surface area contributed by atoms with E-state index in [0.717, 1.165) is 49.3 Å². The third-order valence-corrected chi connectivity index (χ3v) is 3.99. The topological polar surface area (TPSA) is 51.4 Å². The summed E-state index contributed by atoms with van der Waals surface area (Å²) in [6.07, 6.45) is 2.40. The minimum Gasteiger partial charge on any atom is -0.477 e. The first kappa shape index (κ1) is 15.0. The Labute approximate surface area is 131 Å². The van der Waals surface area contributed by atoms with Crippen LogP contribution in [0, 0.1) is 19.8 Å². The largest absolute Gasteiger partial charge is 0.477 e. The SMILES string of the molecule is Cc1cc(CN2CCCC(COc3cccc(C)n3)C2)on1. The van der Waals surface area contributed by atoms with Gasteiger partial charge in [0.2, 0.25) is 5.88 Å². The van der Waals surface area contributed by atoms with Crippen molar-refractivity contribution in [2.45, 2.75) is 33.2 Å². The van der Waals surface area contributed by atoms with Gasteiger partial charge in [0.1, 0.15) is 0 Å². The Morgan fingerprint density at radius 2 is 2.23 bits per heavy atom. The predicted octanol–water partition coefficient (Wildman–Crippen LogP) is 2.98. The van der Waals surface area contributed by atoms with E-state index in [0.29, 0.717) is 5.92 Å². The molecule has 1 unspecified atom stereocenters. The molecule has 0 radical (unpaired) electrons. The second-order valence-electron chi connectivity index (χ2n) is 6.11. The lowest BCUT2D eigenvalue weighted by Crippen LogP contribution is -2.37. The van der Waals surface area contributed by atoms with Crippen molar-refractivity contribution in [1.29, 1.82) is 0 Å². The van der Waals surface area contributed by atoms with Gasteiger partial charge >= 0.3 is 0 Å². The number of piperidine rings is 1. The van der Waals surface area contributed by atoms with E-state index in [1.165, 1.54) is 12.8 Å². The first-order valence-electron chi connectivity index (χ1n) is 7.90. The van der Waals surface area contributed by atoms with Gasteiger partial charge < -0.3 is 9.26 Å². The van der Waals surface area contributed by atoms with Gasteiger partial charge in [0.05, 0.1) is 18.8 Å². The summed E-state index contributed by atoms with van der Waals surface area (Å²) in [6.45, 7) is 7.64. The second kappa shape index (κ2) is 6.92. The Hall–Kier alpha value is -1.88. The molecule has 118 valence electrons. The molecule has 0 aromatic carbocycles. The van der Waals surface area contributed by atoms with Crippen LogP contribution < -0.4 is 4.74 Å². The summed E-state index contributed by atoms with van der Waals surface area (Å²) >= 11 is 0. The molecule has 0 amide bonds. The highest BCUT2D eigenvalue weighted by Gasteiger charge is 2.21. The zero-order valence-electron chi connectivity index (χ0n) is 13.3. The molecule has 3 rings (SSSR count). The summed E-state index contributed by atoms with van der Waals surface area (Å²) in [6, 6.07) is 7.90. The minimum atomic E-state index is 0.542. The van der Waals surface area contributed by atoms with Gasteiger partial charge in [-0.25, -0.2) is 4.98 Å². The molecule has 5 heteroatoms. The van der Waals surface area contributed by atoms with Gasteiger partial charge in [0.15, 0.2) is 5.76 Å². The fourth-order valence-electron chi connectivity index (χ4n) is 2.94. The van der Waals surface area contributed by atoms with Crippen molar-refractivity contribution in [2.24, 2.45) is 5.92 Å². The first-order chi connectivity index (χ1) is 10.7. The van der Waals surface area contributed by atoms with E-state index in [4.69, 9.17) is 9.26 Å². The van der Waals surface area contributed by atoms with Crippen molar-refractivity contribution < 1.29 is 9.26 Å². The molecule has 1 atom stereocenters. The Balaban J connectivity index is 1.50. The van der Waals surface area contributed by atoms with Gasteiger partial charge in [-0.05, 0) is 39.3 Å². The smallest absolute Gasteiger partial charge is 0.213 e. The van der Waals surface area contributed by atoms with E-state index >= 15 is 0 Å². The number of likely N-dealkylation sites (tertiary alicyclic amines) is 1. The maximum absolute atomic E-state index is 5.86. The van der Waals surface area contributed by atoms with Crippen LogP contribution in [0.4, 0.5) is 0 Å². The first-order valence-corrected chi connectivity index (χ1v) is 7.90. The van der Waals surface area contributed by atoms with E-state index in [9.17, 15) is 0 Å². The van der Waals surface area contributed by atoms with Crippen molar-refractivity contribution in [1.82, 2.24) is 15.0 Å². The molecule has 5 nitrogen and oxygen atoms in total. The molecule has 0 N–H and O–H groups in total. The number of rotatable bonds is 5. The van der Waals surface area contributed by atoms with Crippen molar-refractivity contribution in [3.63, 3.8) is 0 Å². The summed E-state index contributed by atoms with van der Waals surface area (Å²) in [5.41, 5.74) is 1.93. The summed E-state index contributed by atoms with van der Waals surface area (Å²) in [5.74, 6) is 2.21. The van der Waals surface area contributed by atoms with Crippen LogP contribution in [0.1, 0.15) is 30.0 Å². The third kappa shape index (κ3) is 4.07. The van der Waals surface area contributed by atoms with Crippen LogP contribution in [0.5, 0.6) is 5.88 Å². The summed E-state index contributed by atoms with van der Waals surface area (Å²) in [4.78, 5) is 6.81. The van der Waals surface area contributed by atoms with Gasteiger partial charge in [0.25, 0.3) is 0 Å². The van der Waals surface area contributed by atoms with Crippen LogP contribution in [0.15, 0.2) is 28.8 Å². The number of pyridine rings is 1. The van der Waals surface area contributed by atoms with E-state index in [2.05, 4.69) is 15.0 Å². The average molecular weight is 301 g/mol. The molecule has 1 saturated heterocycles. The lowest BCUT2D eigenvalue weighted by atomic mass is 9.99. The molecule has 2 aromatic rings. The lowest BCUT2D eigenvalue weighted by molar-refractivity contribution is 0.115. The number of hydrogen-bond donors (Lipinski definition) is 0. The van der Waals surface area contributed by atoms with E-state index in [1.54, 1.807) is 0 Å². The predicted molar refractivity (Wildman–Crippen MR) is 83.7 cm³/mol. The highest BCUT2D eigenvalue weighted by Crippen LogP contribution is 2.20. The number of nitrogens with zero attached hydrogens (tertiary/aromatic N) is 3. The Morgan fingerprint density at radius 3 is 3.00 bits per heavy atom. The van der Waals surface area contributed by atoms with Crippen LogP contribution >= 0.6 is 0 Å². The molecule has 0 aliphatic carbocycles. The molecule has 2 aromatic heterocycles. The van der Waals surface area contributed by atoms with E-state index in [-0.39, 0.29) is 0 Å². The summed E-state index contributed by atoms with van der Waals surface area (Å²) < 4.78 is 11.2. The highest BCUT2D eigenvalue weighted by molar-refractivity contribution is 5.14. The van der Waals surface area contributed by atoms with Gasteiger partial charge in [-0.3, -0.25) is 4.90 Å². The maximum atomic E-state index is 5.86. The van der Waals surface area contributed by atoms with Crippen LogP contribution in [0.2, 0.25) is 0 Å². The molecule has 3 heterocycles. The molecule has 0 saturated carbocycles. The molecular formula is C17H23N3O2. The second-order valence-corrected chi connectivity index (χ2v) is 6.11. The van der Waals surface area contributed by atoms with Gasteiger partial charge in [-0.15, -0.1) is 0 Å². The van der Waals surface area contributed by atoms with Gasteiger partial charge in [0, 0.05) is 30.3 Å². The van der Waals surface area contributed by atoms with Gasteiger partial charge in [-0.2, -0.15) is 0 Å². The Kier molecular flexibility index (Phi) is 4.73. The molecule has 1 fully saturated rings. The van der Waals surface area contributed by atoms with E-state index in [1.807, 2.05) is 38.1 Å². The monoisotopic (exact) mass is 301 g/mol. The maximum Gasteiger partial charge on any atom is 0.213 e. The number of aryl methyl sites for hydroxylation is 2. The third-order valence-electron chi connectivity index (χ3n) is 3.99. The van der Waals surface area contributed by atoms with Crippen LogP contribution in [0.25, 0.3) is 0 Å². The van der Waals surface area contributed by atoms with Crippen molar-refractivity contribution in [2.75, 3.05) is 19.7 Å². The summed E-state index contributed by atoms with van der Waals surface area (Å²) in [7, 11) is 0. The van der Waals surface area contributed by atoms with E-state index < -0.39 is 0 Å². The number of ether oxygens (including phenoxy) is 1. The van der Waals surface area contributed by atoms with Crippen molar-refractivity contribution in [3.8, 4) is 5.88 Å². The minimum absolute atomic E-state index is 0.542. The van der Waals surface area contributed by atoms with Crippen molar-refractivity contribution in [3.05, 3.63) is 41.4 Å². The quantitative estimate of drug-likeness (QED) is 0.850. The molecule has 0 spiro atoms. The van der Waals surface area contributed by atoms with Crippen molar-refractivity contribution >= 4 is 0 Å². The number of hydrogen-bond acceptors (Lipinski definition) is 5. The highest BCUT2D eigenvalue weighted by atomic mass is 16.5. The molecule has 1 aliphatic rings. The fraction of sp³-hybridized carbons (Fsp3) is 0.529. The molecule has 0 bridgehead atoms.